The minimum atomic E-state index is -0.0326. The molecule has 2 aromatic carbocycles. The van der Waals surface area contributed by atoms with E-state index in [1.54, 1.807) is 18.2 Å². The van der Waals surface area contributed by atoms with E-state index in [1.807, 2.05) is 36.0 Å². The summed E-state index contributed by atoms with van der Waals surface area (Å²) in [4.78, 5) is 12.8. The number of nitrogens with zero attached hydrogens (tertiary/aromatic N) is 1. The predicted octanol–water partition coefficient (Wildman–Crippen LogP) is 5.32. The van der Waals surface area contributed by atoms with Gasteiger partial charge < -0.3 is 4.57 Å². The van der Waals surface area contributed by atoms with Crippen LogP contribution in [0.3, 0.4) is 0 Å². The highest BCUT2D eigenvalue weighted by Gasteiger charge is 2.18. The number of aryl methyl sites for hydroxylation is 1. The smallest absolute Gasteiger partial charge is 0.196 e. The molecule has 0 aliphatic carbocycles. The van der Waals surface area contributed by atoms with Crippen molar-refractivity contribution in [2.45, 2.75) is 0 Å². The van der Waals surface area contributed by atoms with Gasteiger partial charge in [-0.1, -0.05) is 29.3 Å². The summed E-state index contributed by atoms with van der Waals surface area (Å²) in [5, 5.41) is 2.10. The van der Waals surface area contributed by atoms with Gasteiger partial charge in [-0.3, -0.25) is 4.79 Å². The molecule has 5 heteroatoms. The van der Waals surface area contributed by atoms with Crippen LogP contribution in [0.4, 0.5) is 0 Å². The summed E-state index contributed by atoms with van der Waals surface area (Å²) < 4.78 is 2.79. The highest BCUT2D eigenvalue weighted by molar-refractivity contribution is 14.1. The van der Waals surface area contributed by atoms with Gasteiger partial charge in [-0.25, -0.2) is 0 Å². The molecule has 2 nitrogen and oxygen atoms in total. The molecule has 0 spiro atoms. The van der Waals surface area contributed by atoms with E-state index in [4.69, 9.17) is 23.2 Å². The summed E-state index contributed by atoms with van der Waals surface area (Å²) in [7, 11) is 1.90. The molecule has 1 heterocycles. The Labute approximate surface area is 145 Å². The van der Waals surface area contributed by atoms with E-state index in [1.165, 1.54) is 0 Å². The second kappa shape index (κ2) is 5.63. The molecule has 0 unspecified atom stereocenters. The zero-order chi connectivity index (χ0) is 15.1. The van der Waals surface area contributed by atoms with Crippen molar-refractivity contribution in [3.05, 3.63) is 67.3 Å². The van der Waals surface area contributed by atoms with Crippen LogP contribution in [0.2, 0.25) is 10.0 Å². The largest absolute Gasteiger partial charge is 0.350 e. The maximum atomic E-state index is 12.8. The van der Waals surface area contributed by atoms with E-state index in [2.05, 4.69) is 22.6 Å². The maximum absolute atomic E-state index is 12.8. The van der Waals surface area contributed by atoms with Gasteiger partial charge >= 0.3 is 0 Å². The minimum Gasteiger partial charge on any atom is -0.350 e. The van der Waals surface area contributed by atoms with Gasteiger partial charge in [0.1, 0.15) is 0 Å². The second-order valence-corrected chi connectivity index (χ2v) is 6.80. The van der Waals surface area contributed by atoms with Gasteiger partial charge in [0.05, 0.1) is 0 Å². The molecule has 1 aromatic heterocycles. The standard InChI is InChI=1S/C16H10Cl2INO/c1-20-8-13(11-4-2-10(18)7-15(11)20)16(21)12-6-9(17)3-5-14(12)19/h2-8H,1H3. The van der Waals surface area contributed by atoms with E-state index in [0.29, 0.717) is 21.2 Å². The Morgan fingerprint density at radius 3 is 2.48 bits per heavy atom. The monoisotopic (exact) mass is 429 g/mol. The first kappa shape index (κ1) is 14.9. The number of halogens is 3. The second-order valence-electron chi connectivity index (χ2n) is 4.77. The van der Waals surface area contributed by atoms with E-state index in [-0.39, 0.29) is 5.78 Å². The van der Waals surface area contributed by atoms with Crippen LogP contribution in [0.15, 0.2) is 42.6 Å². The fourth-order valence-electron chi connectivity index (χ4n) is 2.35. The predicted molar refractivity (Wildman–Crippen MR) is 95.5 cm³/mol. The molecule has 3 rings (SSSR count). The van der Waals surface area contributed by atoms with Crippen molar-refractivity contribution < 1.29 is 4.79 Å². The first-order chi connectivity index (χ1) is 9.97. The summed E-state index contributed by atoms with van der Waals surface area (Å²) in [6.07, 6.45) is 1.83. The maximum Gasteiger partial charge on any atom is 0.196 e. The summed E-state index contributed by atoms with van der Waals surface area (Å²) in [6, 6.07) is 10.9. The molecule has 0 saturated heterocycles. The summed E-state index contributed by atoms with van der Waals surface area (Å²) in [5.74, 6) is -0.0326. The van der Waals surface area contributed by atoms with E-state index < -0.39 is 0 Å². The van der Waals surface area contributed by atoms with Crippen molar-refractivity contribution in [3.63, 3.8) is 0 Å². The van der Waals surface area contributed by atoms with Crippen LogP contribution in [0.5, 0.6) is 0 Å². The molecule has 0 amide bonds. The van der Waals surface area contributed by atoms with E-state index in [9.17, 15) is 4.79 Å². The molecular weight excluding hydrogens is 420 g/mol. The Balaban J connectivity index is 2.21. The van der Waals surface area contributed by atoms with Crippen LogP contribution < -0.4 is 0 Å². The average molecular weight is 430 g/mol. The number of carbonyl (C=O) groups is 1. The first-order valence-electron chi connectivity index (χ1n) is 6.21. The third-order valence-electron chi connectivity index (χ3n) is 3.37. The highest BCUT2D eigenvalue weighted by Crippen LogP contribution is 2.28. The quantitative estimate of drug-likeness (QED) is 0.399. The Morgan fingerprint density at radius 2 is 1.71 bits per heavy atom. The topological polar surface area (TPSA) is 22.0 Å². The zero-order valence-electron chi connectivity index (χ0n) is 11.0. The van der Waals surface area contributed by atoms with Gasteiger partial charge in [0.25, 0.3) is 0 Å². The third-order valence-corrected chi connectivity index (χ3v) is 4.78. The molecule has 3 aromatic rings. The average Bonchev–Trinajstić information content (AvgIpc) is 2.78. The molecule has 0 atom stereocenters. The Bertz CT molecular complexity index is 870. The van der Waals surface area contributed by atoms with Crippen LogP contribution >= 0.6 is 45.8 Å². The lowest BCUT2D eigenvalue weighted by molar-refractivity contribution is 0.103. The van der Waals surface area contributed by atoms with Gasteiger partial charge in [0.15, 0.2) is 5.78 Å². The molecular formula is C16H10Cl2INO. The lowest BCUT2D eigenvalue weighted by Crippen LogP contribution is -2.03. The van der Waals surface area contributed by atoms with Gasteiger partial charge in [-0.15, -0.1) is 0 Å². The zero-order valence-corrected chi connectivity index (χ0v) is 14.7. The van der Waals surface area contributed by atoms with Crippen molar-refractivity contribution >= 4 is 62.5 Å². The molecule has 0 aliphatic rings. The number of rotatable bonds is 2. The number of hydrogen-bond acceptors (Lipinski definition) is 1. The molecule has 0 fully saturated rings. The SMILES string of the molecule is Cn1cc(C(=O)c2cc(Cl)ccc2I)c2ccc(Cl)cc21. The van der Waals surface area contributed by atoms with Gasteiger partial charge in [0.2, 0.25) is 0 Å². The van der Waals surface area contributed by atoms with Crippen molar-refractivity contribution in [2.75, 3.05) is 0 Å². The number of aromatic nitrogens is 1. The third kappa shape index (κ3) is 2.70. The number of fused-ring (bicyclic) bond motifs is 1. The molecule has 106 valence electrons. The fraction of sp³-hybridized carbons (Fsp3) is 0.0625. The van der Waals surface area contributed by atoms with Gasteiger partial charge in [0, 0.05) is 48.9 Å². The van der Waals surface area contributed by atoms with Crippen LogP contribution in [0.1, 0.15) is 15.9 Å². The van der Waals surface area contributed by atoms with Crippen LogP contribution in [-0.4, -0.2) is 10.4 Å². The van der Waals surface area contributed by atoms with Crippen molar-refractivity contribution in [1.29, 1.82) is 0 Å². The minimum absolute atomic E-state index is 0.0326. The number of carbonyl (C=O) groups excluding carboxylic acids is 1. The molecule has 0 bridgehead atoms. The van der Waals surface area contributed by atoms with Crippen molar-refractivity contribution in [3.8, 4) is 0 Å². The van der Waals surface area contributed by atoms with E-state index >= 15 is 0 Å². The molecule has 0 saturated carbocycles. The Hall–Kier alpha value is -1.04. The van der Waals surface area contributed by atoms with Crippen LogP contribution in [-0.2, 0) is 7.05 Å². The number of ketones is 1. The molecule has 0 radical (unpaired) electrons. The van der Waals surface area contributed by atoms with Crippen LogP contribution in [0, 0.1) is 3.57 Å². The Kier molecular flexibility index (Phi) is 3.99. The summed E-state index contributed by atoms with van der Waals surface area (Å²) >= 11 is 14.2. The molecule has 0 N–H and O–H groups in total. The van der Waals surface area contributed by atoms with Crippen molar-refractivity contribution in [1.82, 2.24) is 4.57 Å². The fourth-order valence-corrected chi connectivity index (χ4v) is 3.27. The van der Waals surface area contributed by atoms with Gasteiger partial charge in [-0.2, -0.15) is 0 Å². The highest BCUT2D eigenvalue weighted by atomic mass is 127. The number of hydrogen-bond donors (Lipinski definition) is 0. The van der Waals surface area contributed by atoms with E-state index in [0.717, 1.165) is 14.5 Å². The van der Waals surface area contributed by atoms with Gasteiger partial charge in [-0.05, 0) is 52.9 Å². The van der Waals surface area contributed by atoms with Crippen molar-refractivity contribution in [2.24, 2.45) is 7.05 Å². The lowest BCUT2D eigenvalue weighted by atomic mass is 10.0. The summed E-state index contributed by atoms with van der Waals surface area (Å²) in [6.45, 7) is 0. The number of benzene rings is 2. The van der Waals surface area contributed by atoms with Crippen LogP contribution in [0.25, 0.3) is 10.9 Å². The normalized spacial score (nSPS) is 11.0. The first-order valence-corrected chi connectivity index (χ1v) is 8.05. The summed E-state index contributed by atoms with van der Waals surface area (Å²) in [5.41, 5.74) is 2.21. The Morgan fingerprint density at radius 1 is 1.05 bits per heavy atom. The lowest BCUT2D eigenvalue weighted by Gasteiger charge is -2.04. The molecule has 0 aliphatic heterocycles. The molecule has 21 heavy (non-hydrogen) atoms.